The molecule has 21 heavy (non-hydrogen) atoms. The van der Waals surface area contributed by atoms with Crippen LogP contribution in [0.25, 0.3) is 0 Å². The summed E-state index contributed by atoms with van der Waals surface area (Å²) in [5.74, 6) is -0.0463. The molecule has 0 heterocycles. The number of carbonyl (C=O) groups excluding carboxylic acids is 1. The van der Waals surface area contributed by atoms with Crippen LogP contribution in [0.1, 0.15) is 35.7 Å². The van der Waals surface area contributed by atoms with E-state index in [4.69, 9.17) is 5.73 Å². The molecule has 0 saturated heterocycles. The normalized spacial score (nSPS) is 10.7. The number of nitrogens with zero attached hydrogens (tertiary/aromatic N) is 1. The van der Waals surface area contributed by atoms with Crippen molar-refractivity contribution in [3.63, 3.8) is 0 Å². The SMILES string of the molecule is CC(C)c1cc(C(N)=O)cc(N(C)Sc2ccccc2)c1. The van der Waals surface area contributed by atoms with Gasteiger partial charge in [0.1, 0.15) is 0 Å². The summed E-state index contributed by atoms with van der Waals surface area (Å²) in [7, 11) is 1.99. The Balaban J connectivity index is 2.31. The van der Waals surface area contributed by atoms with Gasteiger partial charge in [-0.25, -0.2) is 0 Å². The van der Waals surface area contributed by atoms with Crippen LogP contribution in [-0.2, 0) is 0 Å². The molecule has 0 unspecified atom stereocenters. The van der Waals surface area contributed by atoms with Crippen molar-refractivity contribution in [2.75, 3.05) is 11.4 Å². The Morgan fingerprint density at radius 2 is 1.81 bits per heavy atom. The molecule has 3 nitrogen and oxygen atoms in total. The zero-order chi connectivity index (χ0) is 15.4. The second-order valence-electron chi connectivity index (χ2n) is 5.23. The number of hydrogen-bond acceptors (Lipinski definition) is 3. The van der Waals surface area contributed by atoms with Crippen LogP contribution >= 0.6 is 11.9 Å². The van der Waals surface area contributed by atoms with Gasteiger partial charge in [0, 0.05) is 23.2 Å². The van der Waals surface area contributed by atoms with Crippen molar-refractivity contribution in [3.8, 4) is 0 Å². The number of rotatable bonds is 5. The van der Waals surface area contributed by atoms with E-state index in [1.807, 2.05) is 41.7 Å². The molecule has 2 aromatic rings. The molecule has 0 saturated carbocycles. The molecule has 1 amide bonds. The quantitative estimate of drug-likeness (QED) is 0.847. The third-order valence-corrected chi connectivity index (χ3v) is 4.21. The highest BCUT2D eigenvalue weighted by Gasteiger charge is 2.11. The van der Waals surface area contributed by atoms with Crippen LogP contribution < -0.4 is 10.0 Å². The minimum Gasteiger partial charge on any atom is -0.366 e. The van der Waals surface area contributed by atoms with Crippen LogP contribution in [0.4, 0.5) is 5.69 Å². The lowest BCUT2D eigenvalue weighted by molar-refractivity contribution is 0.1000. The van der Waals surface area contributed by atoms with Crippen molar-refractivity contribution < 1.29 is 4.79 Å². The van der Waals surface area contributed by atoms with E-state index in [0.29, 0.717) is 11.5 Å². The van der Waals surface area contributed by atoms with Crippen molar-refractivity contribution in [1.29, 1.82) is 0 Å². The molecule has 0 aliphatic rings. The van der Waals surface area contributed by atoms with Crippen molar-refractivity contribution in [1.82, 2.24) is 0 Å². The molecular formula is C17H20N2OS. The van der Waals surface area contributed by atoms with Gasteiger partial charge in [-0.05, 0) is 53.8 Å². The van der Waals surface area contributed by atoms with Crippen molar-refractivity contribution in [3.05, 3.63) is 59.7 Å². The Kier molecular flexibility index (Phi) is 4.91. The van der Waals surface area contributed by atoms with Crippen LogP contribution in [-0.4, -0.2) is 13.0 Å². The lowest BCUT2D eigenvalue weighted by atomic mass is 9.99. The lowest BCUT2D eigenvalue weighted by Gasteiger charge is -2.20. The van der Waals surface area contributed by atoms with Gasteiger partial charge in [-0.15, -0.1) is 0 Å². The van der Waals surface area contributed by atoms with E-state index in [1.165, 1.54) is 0 Å². The van der Waals surface area contributed by atoms with Crippen LogP contribution in [0.2, 0.25) is 0 Å². The highest BCUT2D eigenvalue weighted by atomic mass is 32.2. The second-order valence-corrected chi connectivity index (χ2v) is 6.44. The fourth-order valence-corrected chi connectivity index (χ4v) is 2.79. The molecule has 2 aromatic carbocycles. The zero-order valence-corrected chi connectivity index (χ0v) is 13.4. The minimum absolute atomic E-state index is 0.346. The third-order valence-electron chi connectivity index (χ3n) is 3.24. The van der Waals surface area contributed by atoms with Crippen LogP contribution in [0, 0.1) is 0 Å². The van der Waals surface area contributed by atoms with Gasteiger partial charge in [-0.1, -0.05) is 32.0 Å². The molecule has 0 bridgehead atoms. The van der Waals surface area contributed by atoms with Crippen molar-refractivity contribution >= 4 is 23.5 Å². The number of anilines is 1. The summed E-state index contributed by atoms with van der Waals surface area (Å²) >= 11 is 1.62. The molecule has 0 radical (unpaired) electrons. The largest absolute Gasteiger partial charge is 0.366 e. The molecule has 0 fully saturated rings. The van der Waals surface area contributed by atoms with E-state index in [-0.39, 0.29) is 0 Å². The first kappa shape index (κ1) is 15.4. The summed E-state index contributed by atoms with van der Waals surface area (Å²) in [4.78, 5) is 12.7. The second kappa shape index (κ2) is 6.68. The van der Waals surface area contributed by atoms with E-state index in [9.17, 15) is 4.79 Å². The van der Waals surface area contributed by atoms with E-state index < -0.39 is 5.91 Å². The Labute approximate surface area is 130 Å². The fourth-order valence-electron chi connectivity index (χ4n) is 1.98. The summed E-state index contributed by atoms with van der Waals surface area (Å²) in [6.07, 6.45) is 0. The van der Waals surface area contributed by atoms with Gasteiger partial charge in [0.25, 0.3) is 0 Å². The Morgan fingerprint density at radius 1 is 1.14 bits per heavy atom. The zero-order valence-electron chi connectivity index (χ0n) is 12.5. The standard InChI is InChI=1S/C17H20N2OS/c1-12(2)13-9-14(17(18)20)11-15(10-13)19(3)21-16-7-5-4-6-8-16/h4-12H,1-3H3,(H2,18,20). The van der Waals surface area contributed by atoms with E-state index in [0.717, 1.165) is 16.1 Å². The number of amides is 1. The summed E-state index contributed by atoms with van der Waals surface area (Å²) in [6.45, 7) is 4.21. The molecular weight excluding hydrogens is 280 g/mol. The molecule has 2 rings (SSSR count). The molecule has 0 aliphatic carbocycles. The van der Waals surface area contributed by atoms with E-state index >= 15 is 0 Å². The summed E-state index contributed by atoms with van der Waals surface area (Å²) < 4.78 is 2.05. The topological polar surface area (TPSA) is 46.3 Å². The van der Waals surface area contributed by atoms with Gasteiger partial charge in [0.2, 0.25) is 5.91 Å². The smallest absolute Gasteiger partial charge is 0.248 e. The van der Waals surface area contributed by atoms with E-state index in [1.54, 1.807) is 11.9 Å². The molecule has 0 aromatic heterocycles. The van der Waals surface area contributed by atoms with Crippen LogP contribution in [0.15, 0.2) is 53.4 Å². The maximum atomic E-state index is 11.5. The molecule has 110 valence electrons. The Bertz CT molecular complexity index is 626. The molecule has 2 N–H and O–H groups in total. The monoisotopic (exact) mass is 300 g/mol. The van der Waals surface area contributed by atoms with E-state index in [2.05, 4.69) is 32.0 Å². The van der Waals surface area contributed by atoms with Crippen molar-refractivity contribution in [2.45, 2.75) is 24.7 Å². The lowest BCUT2D eigenvalue weighted by Crippen LogP contribution is -2.14. The summed E-state index contributed by atoms with van der Waals surface area (Å²) in [5, 5.41) is 0. The maximum Gasteiger partial charge on any atom is 0.248 e. The molecule has 0 atom stereocenters. The van der Waals surface area contributed by atoms with Gasteiger partial charge in [0.15, 0.2) is 0 Å². The first-order valence-electron chi connectivity index (χ1n) is 6.89. The highest BCUT2D eigenvalue weighted by Crippen LogP contribution is 2.30. The maximum absolute atomic E-state index is 11.5. The Hall–Kier alpha value is -1.94. The predicted octanol–water partition coefficient (Wildman–Crippen LogP) is 4.05. The minimum atomic E-state index is -0.392. The molecule has 4 heteroatoms. The van der Waals surface area contributed by atoms with Crippen LogP contribution in [0.5, 0.6) is 0 Å². The average Bonchev–Trinajstić information content (AvgIpc) is 2.47. The number of benzene rings is 2. The van der Waals surface area contributed by atoms with Gasteiger partial charge in [-0.2, -0.15) is 0 Å². The first-order valence-corrected chi connectivity index (χ1v) is 7.66. The number of primary amides is 1. The van der Waals surface area contributed by atoms with Gasteiger partial charge in [-0.3, -0.25) is 4.79 Å². The van der Waals surface area contributed by atoms with Gasteiger partial charge < -0.3 is 10.0 Å². The average molecular weight is 300 g/mol. The van der Waals surface area contributed by atoms with Gasteiger partial charge in [0.05, 0.1) is 0 Å². The van der Waals surface area contributed by atoms with Crippen LogP contribution in [0.3, 0.4) is 0 Å². The summed E-state index contributed by atoms with van der Waals surface area (Å²) in [6, 6.07) is 15.9. The number of nitrogens with two attached hydrogens (primary N) is 1. The predicted molar refractivity (Wildman–Crippen MR) is 89.8 cm³/mol. The first-order chi connectivity index (χ1) is 9.97. The van der Waals surface area contributed by atoms with Gasteiger partial charge >= 0.3 is 0 Å². The Morgan fingerprint density at radius 3 is 2.38 bits per heavy atom. The fraction of sp³-hybridized carbons (Fsp3) is 0.235. The number of carbonyl (C=O) groups is 1. The molecule has 0 spiro atoms. The van der Waals surface area contributed by atoms with Crippen molar-refractivity contribution in [2.24, 2.45) is 5.73 Å². The molecule has 0 aliphatic heterocycles. The highest BCUT2D eigenvalue weighted by molar-refractivity contribution is 8.00. The third kappa shape index (κ3) is 4.02. The summed E-state index contributed by atoms with van der Waals surface area (Å²) in [5.41, 5.74) is 8.08. The number of hydrogen-bond donors (Lipinski definition) is 1.